The Morgan fingerprint density at radius 1 is 1.11 bits per heavy atom. The first-order valence-electron chi connectivity index (χ1n) is 8.25. The summed E-state index contributed by atoms with van der Waals surface area (Å²) in [7, 11) is -0.974. The molecule has 3 aromatic rings. The van der Waals surface area contributed by atoms with Crippen molar-refractivity contribution in [2.75, 3.05) is 19.0 Å². The second kappa shape index (κ2) is 8.00. The standard InChI is InChI=1S/C19H18ClN3O3S2/c1-13-12-27-19(21-13)23(15-7-5-4-6-8-15)18(24)14-9-10-16(20)17(11-14)28(25,26)22(2)3/h4-12H,1-3H3. The van der Waals surface area contributed by atoms with Crippen LogP contribution in [0.2, 0.25) is 5.02 Å². The van der Waals surface area contributed by atoms with Gasteiger partial charge in [-0.3, -0.25) is 9.69 Å². The first-order valence-corrected chi connectivity index (χ1v) is 11.0. The number of anilines is 2. The molecule has 0 aliphatic heterocycles. The van der Waals surface area contributed by atoms with Crippen LogP contribution in [0, 0.1) is 6.92 Å². The van der Waals surface area contributed by atoms with E-state index in [1.54, 1.807) is 12.1 Å². The Kier molecular flexibility index (Phi) is 5.85. The zero-order chi connectivity index (χ0) is 20.5. The van der Waals surface area contributed by atoms with Crippen LogP contribution >= 0.6 is 22.9 Å². The summed E-state index contributed by atoms with van der Waals surface area (Å²) < 4.78 is 26.2. The fraction of sp³-hybridized carbons (Fsp3) is 0.158. The van der Waals surface area contributed by atoms with Gasteiger partial charge in [0.2, 0.25) is 10.0 Å². The molecule has 28 heavy (non-hydrogen) atoms. The number of aromatic nitrogens is 1. The van der Waals surface area contributed by atoms with E-state index in [9.17, 15) is 13.2 Å². The zero-order valence-electron chi connectivity index (χ0n) is 15.5. The van der Waals surface area contributed by atoms with Crippen LogP contribution in [-0.4, -0.2) is 37.7 Å². The number of para-hydroxylation sites is 1. The van der Waals surface area contributed by atoms with E-state index < -0.39 is 15.9 Å². The summed E-state index contributed by atoms with van der Waals surface area (Å²) in [5, 5.41) is 2.41. The number of hydrogen-bond donors (Lipinski definition) is 0. The lowest BCUT2D eigenvalue weighted by Gasteiger charge is -2.21. The van der Waals surface area contributed by atoms with Crippen molar-refractivity contribution in [2.45, 2.75) is 11.8 Å². The third kappa shape index (κ3) is 3.95. The second-order valence-electron chi connectivity index (χ2n) is 6.18. The van der Waals surface area contributed by atoms with Crippen molar-refractivity contribution >= 4 is 49.7 Å². The monoisotopic (exact) mass is 435 g/mol. The molecule has 9 heteroatoms. The Hall–Kier alpha value is -2.26. The number of aryl methyl sites for hydroxylation is 1. The number of sulfonamides is 1. The molecular formula is C19H18ClN3O3S2. The molecule has 1 aromatic heterocycles. The van der Waals surface area contributed by atoms with Crippen molar-refractivity contribution in [1.82, 2.24) is 9.29 Å². The maximum Gasteiger partial charge on any atom is 0.264 e. The van der Waals surface area contributed by atoms with Gasteiger partial charge in [0.15, 0.2) is 5.13 Å². The topological polar surface area (TPSA) is 70.6 Å². The van der Waals surface area contributed by atoms with Gasteiger partial charge in [-0.1, -0.05) is 29.8 Å². The molecule has 3 rings (SSSR count). The molecule has 6 nitrogen and oxygen atoms in total. The van der Waals surface area contributed by atoms with Crippen molar-refractivity contribution < 1.29 is 13.2 Å². The van der Waals surface area contributed by atoms with Crippen molar-refractivity contribution in [3.05, 3.63) is 70.2 Å². The maximum absolute atomic E-state index is 13.4. The number of carbonyl (C=O) groups is 1. The van der Waals surface area contributed by atoms with Crippen molar-refractivity contribution in [3.8, 4) is 0 Å². The van der Waals surface area contributed by atoms with Gasteiger partial charge < -0.3 is 0 Å². The maximum atomic E-state index is 13.4. The first kappa shape index (κ1) is 20.5. The minimum absolute atomic E-state index is 0.0570. The predicted molar refractivity (Wildman–Crippen MR) is 112 cm³/mol. The SMILES string of the molecule is Cc1csc(N(C(=O)c2ccc(Cl)c(S(=O)(=O)N(C)C)c2)c2ccccc2)n1. The van der Waals surface area contributed by atoms with E-state index in [1.807, 2.05) is 30.5 Å². The first-order chi connectivity index (χ1) is 13.2. The van der Waals surface area contributed by atoms with Crippen molar-refractivity contribution in [3.63, 3.8) is 0 Å². The summed E-state index contributed by atoms with van der Waals surface area (Å²) in [5.41, 5.74) is 1.62. The highest BCUT2D eigenvalue weighted by atomic mass is 35.5. The third-order valence-corrected chi connectivity index (χ3v) is 7.19. The van der Waals surface area contributed by atoms with E-state index in [0.717, 1.165) is 10.00 Å². The number of thiazole rings is 1. The van der Waals surface area contributed by atoms with E-state index in [4.69, 9.17) is 11.6 Å². The molecule has 0 spiro atoms. The van der Waals surface area contributed by atoms with Crippen molar-refractivity contribution in [1.29, 1.82) is 0 Å². The number of nitrogens with zero attached hydrogens (tertiary/aromatic N) is 3. The number of halogens is 1. The van der Waals surface area contributed by atoms with Crippen LogP contribution in [-0.2, 0) is 10.0 Å². The molecule has 0 atom stereocenters. The molecule has 0 unspecified atom stereocenters. The molecule has 1 heterocycles. The van der Waals surface area contributed by atoms with Gasteiger partial charge in [-0.2, -0.15) is 0 Å². The van der Waals surface area contributed by atoms with Gasteiger partial charge in [-0.15, -0.1) is 11.3 Å². The quantitative estimate of drug-likeness (QED) is 0.597. The van der Waals surface area contributed by atoms with E-state index in [-0.39, 0.29) is 15.5 Å². The summed E-state index contributed by atoms with van der Waals surface area (Å²) >= 11 is 7.44. The van der Waals surface area contributed by atoms with E-state index >= 15 is 0 Å². The molecule has 0 N–H and O–H groups in total. The van der Waals surface area contributed by atoms with Gasteiger partial charge in [0.25, 0.3) is 5.91 Å². The Bertz CT molecular complexity index is 1110. The minimum Gasteiger partial charge on any atom is -0.268 e. The number of carbonyl (C=O) groups excluding carboxylic acids is 1. The molecule has 0 saturated carbocycles. The average Bonchev–Trinajstić information content (AvgIpc) is 3.08. The van der Waals surface area contributed by atoms with Gasteiger partial charge in [0.05, 0.1) is 16.4 Å². The van der Waals surface area contributed by atoms with Crippen LogP contribution in [0.1, 0.15) is 16.1 Å². The molecule has 146 valence electrons. The van der Waals surface area contributed by atoms with Crippen molar-refractivity contribution in [2.24, 2.45) is 0 Å². The highest BCUT2D eigenvalue weighted by Gasteiger charge is 2.26. The molecule has 0 bridgehead atoms. The molecule has 2 aromatic carbocycles. The van der Waals surface area contributed by atoms with Gasteiger partial charge in [-0.05, 0) is 37.3 Å². The van der Waals surface area contributed by atoms with Crippen LogP contribution in [0.5, 0.6) is 0 Å². The Balaban J connectivity index is 2.12. The Morgan fingerprint density at radius 2 is 1.79 bits per heavy atom. The molecule has 0 aliphatic rings. The van der Waals surface area contributed by atoms with Gasteiger partial charge >= 0.3 is 0 Å². The molecular weight excluding hydrogens is 418 g/mol. The Morgan fingerprint density at radius 3 is 2.36 bits per heavy atom. The molecule has 0 aliphatic carbocycles. The molecule has 0 fully saturated rings. The zero-order valence-corrected chi connectivity index (χ0v) is 17.8. The number of amides is 1. The van der Waals surface area contributed by atoms with Crippen LogP contribution in [0.25, 0.3) is 0 Å². The molecule has 0 saturated heterocycles. The summed E-state index contributed by atoms with van der Waals surface area (Å²) in [5.74, 6) is -0.396. The smallest absolute Gasteiger partial charge is 0.264 e. The summed E-state index contributed by atoms with van der Waals surface area (Å²) in [6, 6.07) is 13.3. The number of benzene rings is 2. The number of rotatable bonds is 5. The van der Waals surface area contributed by atoms with Crippen LogP contribution in [0.3, 0.4) is 0 Å². The predicted octanol–water partition coefficient (Wildman–Crippen LogP) is 4.33. The molecule has 0 radical (unpaired) electrons. The Labute approximate surface area is 173 Å². The van der Waals surface area contributed by atoms with Gasteiger partial charge in [0, 0.05) is 25.0 Å². The summed E-state index contributed by atoms with van der Waals surface area (Å²) in [6.07, 6.45) is 0. The summed E-state index contributed by atoms with van der Waals surface area (Å²) in [6.45, 7) is 1.84. The average molecular weight is 436 g/mol. The van der Waals surface area contributed by atoms with Crippen LogP contribution < -0.4 is 4.90 Å². The third-order valence-electron chi connectivity index (χ3n) is 3.95. The molecule has 1 amide bonds. The minimum atomic E-state index is -3.80. The lowest BCUT2D eigenvalue weighted by Crippen LogP contribution is -2.27. The van der Waals surface area contributed by atoms with Gasteiger partial charge in [-0.25, -0.2) is 17.7 Å². The fourth-order valence-corrected chi connectivity index (χ4v) is 4.71. The van der Waals surface area contributed by atoms with Gasteiger partial charge in [0.1, 0.15) is 4.90 Å². The lowest BCUT2D eigenvalue weighted by atomic mass is 10.2. The fourth-order valence-electron chi connectivity index (χ4n) is 2.50. The van der Waals surface area contributed by atoms with E-state index in [2.05, 4.69) is 4.98 Å². The van der Waals surface area contributed by atoms with Crippen LogP contribution in [0.15, 0.2) is 58.8 Å². The lowest BCUT2D eigenvalue weighted by molar-refractivity contribution is 0.0999. The largest absolute Gasteiger partial charge is 0.268 e. The normalized spacial score (nSPS) is 11.6. The van der Waals surface area contributed by atoms with E-state index in [0.29, 0.717) is 10.8 Å². The number of hydrogen-bond acceptors (Lipinski definition) is 5. The highest BCUT2D eigenvalue weighted by molar-refractivity contribution is 7.89. The summed E-state index contributed by atoms with van der Waals surface area (Å²) in [4.78, 5) is 19.1. The van der Waals surface area contributed by atoms with Crippen LogP contribution in [0.4, 0.5) is 10.8 Å². The second-order valence-corrected chi connectivity index (χ2v) is 9.54. The highest BCUT2D eigenvalue weighted by Crippen LogP contribution is 2.32. The van der Waals surface area contributed by atoms with E-state index in [1.165, 1.54) is 48.5 Å².